The lowest BCUT2D eigenvalue weighted by molar-refractivity contribution is -0.124. The van der Waals surface area contributed by atoms with Crippen LogP contribution in [-0.4, -0.2) is 18.6 Å². The summed E-state index contributed by atoms with van der Waals surface area (Å²) in [5, 5.41) is 2.91. The van der Waals surface area contributed by atoms with Gasteiger partial charge < -0.3 is 15.8 Å². The summed E-state index contributed by atoms with van der Waals surface area (Å²) in [6.45, 7) is 7.99. The molecule has 112 valence electrons. The molecule has 2 unspecified atom stereocenters. The van der Waals surface area contributed by atoms with Crippen LogP contribution in [0.1, 0.15) is 39.3 Å². The van der Waals surface area contributed by atoms with Gasteiger partial charge in [0.25, 0.3) is 5.91 Å². The second kappa shape index (κ2) is 7.64. The van der Waals surface area contributed by atoms with E-state index in [1.54, 1.807) is 0 Å². The minimum absolute atomic E-state index is 0.00671. The largest absolute Gasteiger partial charge is 0.483 e. The topological polar surface area (TPSA) is 64.3 Å². The number of carbonyl (C=O) groups is 1. The highest BCUT2D eigenvalue weighted by Crippen LogP contribution is 2.27. The van der Waals surface area contributed by atoms with Crippen molar-refractivity contribution in [2.24, 2.45) is 11.7 Å². The lowest BCUT2D eigenvalue weighted by Crippen LogP contribution is -2.39. The van der Waals surface area contributed by atoms with E-state index in [-0.39, 0.29) is 24.6 Å². The summed E-state index contributed by atoms with van der Waals surface area (Å²) in [4.78, 5) is 11.8. The highest BCUT2D eigenvalue weighted by atomic mass is 79.9. The van der Waals surface area contributed by atoms with Crippen molar-refractivity contribution in [3.8, 4) is 5.75 Å². The van der Waals surface area contributed by atoms with Gasteiger partial charge in [-0.05, 0) is 31.9 Å². The van der Waals surface area contributed by atoms with Gasteiger partial charge in [0.2, 0.25) is 0 Å². The molecule has 0 fully saturated rings. The zero-order valence-electron chi connectivity index (χ0n) is 12.4. The van der Waals surface area contributed by atoms with Crippen molar-refractivity contribution in [1.29, 1.82) is 0 Å². The average molecular weight is 343 g/mol. The number of nitrogens with two attached hydrogens (primary N) is 1. The number of hydrogen-bond donors (Lipinski definition) is 2. The maximum Gasteiger partial charge on any atom is 0.258 e. The predicted octanol–water partition coefficient (Wildman–Crippen LogP) is 3.01. The zero-order chi connectivity index (χ0) is 15.3. The van der Waals surface area contributed by atoms with Gasteiger partial charge in [0, 0.05) is 22.1 Å². The van der Waals surface area contributed by atoms with Gasteiger partial charge in [-0.1, -0.05) is 35.8 Å². The summed E-state index contributed by atoms with van der Waals surface area (Å²) in [6, 6.07) is 5.63. The number of ether oxygens (including phenoxy) is 1. The zero-order valence-corrected chi connectivity index (χ0v) is 14.0. The van der Waals surface area contributed by atoms with E-state index >= 15 is 0 Å². The standard InChI is InChI=1S/C15H23BrN2O2/c1-9(2)11(4)18-15(19)8-20-14-7-12(16)5-6-13(14)10(3)17/h5-7,9-11H,8,17H2,1-4H3,(H,18,19). The number of carbonyl (C=O) groups excluding carboxylic acids is 1. The molecule has 0 heterocycles. The number of amides is 1. The molecule has 3 N–H and O–H groups in total. The van der Waals surface area contributed by atoms with E-state index in [2.05, 4.69) is 35.1 Å². The highest BCUT2D eigenvalue weighted by Gasteiger charge is 2.13. The average Bonchev–Trinajstić information content (AvgIpc) is 2.35. The molecule has 4 nitrogen and oxygen atoms in total. The molecule has 5 heteroatoms. The molecule has 1 rings (SSSR count). The molecule has 0 saturated heterocycles. The Kier molecular flexibility index (Phi) is 6.49. The number of halogens is 1. The normalized spacial score (nSPS) is 13.9. The summed E-state index contributed by atoms with van der Waals surface area (Å²) in [6.07, 6.45) is 0. The third kappa shape index (κ3) is 5.13. The SMILES string of the molecule is CC(N)c1ccc(Br)cc1OCC(=O)NC(C)C(C)C. The van der Waals surface area contributed by atoms with Crippen LogP contribution in [0, 0.1) is 5.92 Å². The van der Waals surface area contributed by atoms with Crippen LogP contribution in [-0.2, 0) is 4.79 Å². The molecule has 0 aromatic heterocycles. The van der Waals surface area contributed by atoms with E-state index in [9.17, 15) is 4.79 Å². The maximum atomic E-state index is 11.8. The molecular formula is C15H23BrN2O2. The van der Waals surface area contributed by atoms with Crippen LogP contribution in [0.4, 0.5) is 0 Å². The van der Waals surface area contributed by atoms with Crippen LogP contribution >= 0.6 is 15.9 Å². The van der Waals surface area contributed by atoms with Gasteiger partial charge in [0.05, 0.1) is 0 Å². The Morgan fingerprint density at radius 3 is 2.55 bits per heavy atom. The Hall–Kier alpha value is -1.07. The van der Waals surface area contributed by atoms with Crippen molar-refractivity contribution >= 4 is 21.8 Å². The summed E-state index contributed by atoms with van der Waals surface area (Å²) in [5.41, 5.74) is 6.78. The molecule has 0 spiro atoms. The third-order valence-electron chi connectivity index (χ3n) is 3.21. The first-order chi connectivity index (χ1) is 9.31. The third-order valence-corrected chi connectivity index (χ3v) is 3.71. The summed E-state index contributed by atoms with van der Waals surface area (Å²) < 4.78 is 6.50. The second-order valence-corrected chi connectivity index (χ2v) is 6.28. The van der Waals surface area contributed by atoms with Crippen molar-refractivity contribution in [2.75, 3.05) is 6.61 Å². The second-order valence-electron chi connectivity index (χ2n) is 5.36. The lowest BCUT2D eigenvalue weighted by Gasteiger charge is -2.18. The summed E-state index contributed by atoms with van der Waals surface area (Å²) in [7, 11) is 0. The van der Waals surface area contributed by atoms with Gasteiger partial charge in [-0.25, -0.2) is 0 Å². The Balaban J connectivity index is 2.65. The van der Waals surface area contributed by atoms with Gasteiger partial charge in [-0.2, -0.15) is 0 Å². The first kappa shape index (κ1) is 17.0. The summed E-state index contributed by atoms with van der Waals surface area (Å²) in [5.74, 6) is 0.910. The van der Waals surface area contributed by atoms with Gasteiger partial charge >= 0.3 is 0 Å². The van der Waals surface area contributed by atoms with Gasteiger partial charge in [-0.3, -0.25) is 4.79 Å². The quantitative estimate of drug-likeness (QED) is 0.835. The molecule has 1 amide bonds. The molecule has 20 heavy (non-hydrogen) atoms. The molecular weight excluding hydrogens is 320 g/mol. The molecule has 0 bridgehead atoms. The van der Waals surface area contributed by atoms with Gasteiger partial charge in [0.1, 0.15) is 5.75 Å². The Morgan fingerprint density at radius 1 is 1.35 bits per heavy atom. The fourth-order valence-electron chi connectivity index (χ4n) is 1.61. The van der Waals surface area contributed by atoms with E-state index in [0.717, 1.165) is 10.0 Å². The fourth-order valence-corrected chi connectivity index (χ4v) is 1.96. The first-order valence-electron chi connectivity index (χ1n) is 6.78. The number of benzene rings is 1. The minimum atomic E-state index is -0.143. The molecule has 0 aliphatic rings. The van der Waals surface area contributed by atoms with Crippen molar-refractivity contribution in [2.45, 2.75) is 39.8 Å². The van der Waals surface area contributed by atoms with Crippen molar-refractivity contribution < 1.29 is 9.53 Å². The minimum Gasteiger partial charge on any atom is -0.483 e. The van der Waals surface area contributed by atoms with Gasteiger partial charge in [-0.15, -0.1) is 0 Å². The Labute approximate surface area is 129 Å². The Bertz CT molecular complexity index is 461. The maximum absolute atomic E-state index is 11.8. The van der Waals surface area contributed by atoms with E-state index in [0.29, 0.717) is 11.7 Å². The van der Waals surface area contributed by atoms with Crippen LogP contribution in [0.15, 0.2) is 22.7 Å². The van der Waals surface area contributed by atoms with Crippen LogP contribution in [0.25, 0.3) is 0 Å². The summed E-state index contributed by atoms with van der Waals surface area (Å²) >= 11 is 3.39. The number of rotatable bonds is 6. The molecule has 1 aromatic rings. The van der Waals surface area contributed by atoms with E-state index in [1.165, 1.54) is 0 Å². The molecule has 0 aliphatic heterocycles. The predicted molar refractivity (Wildman–Crippen MR) is 84.7 cm³/mol. The molecule has 2 atom stereocenters. The molecule has 1 aromatic carbocycles. The van der Waals surface area contributed by atoms with Crippen molar-refractivity contribution in [3.05, 3.63) is 28.2 Å². The highest BCUT2D eigenvalue weighted by molar-refractivity contribution is 9.10. The van der Waals surface area contributed by atoms with Gasteiger partial charge in [0.15, 0.2) is 6.61 Å². The van der Waals surface area contributed by atoms with Crippen LogP contribution in [0.2, 0.25) is 0 Å². The first-order valence-corrected chi connectivity index (χ1v) is 7.57. The number of hydrogen-bond acceptors (Lipinski definition) is 3. The smallest absolute Gasteiger partial charge is 0.258 e. The molecule has 0 saturated carbocycles. The van der Waals surface area contributed by atoms with Crippen molar-refractivity contribution in [3.63, 3.8) is 0 Å². The monoisotopic (exact) mass is 342 g/mol. The van der Waals surface area contributed by atoms with E-state index in [4.69, 9.17) is 10.5 Å². The van der Waals surface area contributed by atoms with Crippen molar-refractivity contribution in [1.82, 2.24) is 5.32 Å². The Morgan fingerprint density at radius 2 is 2.00 bits per heavy atom. The molecule has 0 radical (unpaired) electrons. The van der Waals surface area contributed by atoms with Crippen LogP contribution < -0.4 is 15.8 Å². The molecule has 0 aliphatic carbocycles. The lowest BCUT2D eigenvalue weighted by atomic mass is 10.1. The van der Waals surface area contributed by atoms with E-state index < -0.39 is 0 Å². The van der Waals surface area contributed by atoms with Crippen LogP contribution in [0.3, 0.4) is 0 Å². The number of nitrogens with one attached hydrogen (secondary N) is 1. The van der Waals surface area contributed by atoms with E-state index in [1.807, 2.05) is 32.0 Å². The van der Waals surface area contributed by atoms with Crippen LogP contribution in [0.5, 0.6) is 5.75 Å². The fraction of sp³-hybridized carbons (Fsp3) is 0.533.